The van der Waals surface area contributed by atoms with Crippen LogP contribution in [0.5, 0.6) is 0 Å². The molecule has 1 aliphatic rings. The van der Waals surface area contributed by atoms with Crippen LogP contribution in [0.4, 0.5) is 0 Å². The molecule has 0 aromatic heterocycles. The smallest absolute Gasteiger partial charge is 0.154 e. The van der Waals surface area contributed by atoms with Crippen LogP contribution < -0.4 is 0 Å². The Morgan fingerprint density at radius 3 is 2.14 bits per heavy atom. The van der Waals surface area contributed by atoms with Gasteiger partial charge in [-0.05, 0) is 12.0 Å². The summed E-state index contributed by atoms with van der Waals surface area (Å²) in [6.45, 7) is 1.98. The molecule has 1 aromatic rings. The molecule has 0 amide bonds. The highest BCUT2D eigenvalue weighted by molar-refractivity contribution is 5.47. The molecule has 1 atom stereocenters. The molecule has 2 nitrogen and oxygen atoms in total. The van der Waals surface area contributed by atoms with Gasteiger partial charge in [-0.2, -0.15) is 10.5 Å². The van der Waals surface area contributed by atoms with Gasteiger partial charge in [0.15, 0.2) is 5.41 Å². The summed E-state index contributed by atoms with van der Waals surface area (Å²) >= 11 is 0. The number of nitriles is 2. The van der Waals surface area contributed by atoms with Gasteiger partial charge in [0.2, 0.25) is 0 Å². The average molecular weight is 182 g/mol. The van der Waals surface area contributed by atoms with Crippen LogP contribution in [0.15, 0.2) is 30.3 Å². The van der Waals surface area contributed by atoms with E-state index in [9.17, 15) is 0 Å². The molecule has 1 aromatic carbocycles. The highest BCUT2D eigenvalue weighted by atomic mass is 14.7. The first kappa shape index (κ1) is 8.78. The minimum Gasteiger partial charge on any atom is -0.197 e. The maximum absolute atomic E-state index is 8.98. The van der Waals surface area contributed by atoms with Crippen molar-refractivity contribution in [1.82, 2.24) is 0 Å². The van der Waals surface area contributed by atoms with Crippen molar-refractivity contribution >= 4 is 0 Å². The summed E-state index contributed by atoms with van der Waals surface area (Å²) in [6.07, 6.45) is 0.650. The molecule has 0 heterocycles. The lowest BCUT2D eigenvalue weighted by atomic mass is 9.89. The van der Waals surface area contributed by atoms with Gasteiger partial charge in [0, 0.05) is 5.41 Å². The second-order valence-electron chi connectivity index (χ2n) is 4.00. The minimum absolute atomic E-state index is 0.266. The third-order valence-electron chi connectivity index (χ3n) is 3.23. The molecule has 14 heavy (non-hydrogen) atoms. The molecule has 1 aliphatic carbocycles. The first-order valence-electron chi connectivity index (χ1n) is 4.57. The molecule has 0 saturated heterocycles. The SMILES string of the molecule is CC1(c2ccccc2)CC1(C#N)C#N. The predicted octanol–water partition coefficient (Wildman–Crippen LogP) is 2.38. The Balaban J connectivity index is 2.42. The van der Waals surface area contributed by atoms with Crippen molar-refractivity contribution in [1.29, 1.82) is 10.5 Å². The lowest BCUT2D eigenvalue weighted by Gasteiger charge is -2.10. The Hall–Kier alpha value is -1.80. The Bertz CT molecular complexity index is 422. The Labute approximate surface area is 83.4 Å². The van der Waals surface area contributed by atoms with E-state index < -0.39 is 5.41 Å². The van der Waals surface area contributed by atoms with E-state index in [-0.39, 0.29) is 5.41 Å². The van der Waals surface area contributed by atoms with Crippen LogP contribution in [-0.2, 0) is 5.41 Å². The minimum atomic E-state index is -0.797. The van der Waals surface area contributed by atoms with E-state index in [0.29, 0.717) is 6.42 Å². The number of hydrogen-bond donors (Lipinski definition) is 0. The summed E-state index contributed by atoms with van der Waals surface area (Å²) in [4.78, 5) is 0. The van der Waals surface area contributed by atoms with Crippen LogP contribution in [-0.4, -0.2) is 0 Å². The third-order valence-corrected chi connectivity index (χ3v) is 3.23. The van der Waals surface area contributed by atoms with E-state index in [0.717, 1.165) is 5.56 Å². The van der Waals surface area contributed by atoms with Crippen LogP contribution in [0, 0.1) is 28.1 Å². The molecule has 0 spiro atoms. The van der Waals surface area contributed by atoms with Gasteiger partial charge in [-0.15, -0.1) is 0 Å². The molecule has 68 valence electrons. The molecule has 0 radical (unpaired) electrons. The summed E-state index contributed by atoms with van der Waals surface area (Å²) in [5.74, 6) is 0. The number of hydrogen-bond acceptors (Lipinski definition) is 2. The lowest BCUT2D eigenvalue weighted by Crippen LogP contribution is -2.11. The number of nitrogens with zero attached hydrogens (tertiary/aromatic N) is 2. The van der Waals surface area contributed by atoms with E-state index in [1.807, 2.05) is 37.3 Å². The Kier molecular flexibility index (Phi) is 1.63. The van der Waals surface area contributed by atoms with Crippen LogP contribution in [0.25, 0.3) is 0 Å². The monoisotopic (exact) mass is 182 g/mol. The zero-order valence-corrected chi connectivity index (χ0v) is 7.99. The van der Waals surface area contributed by atoms with Crippen molar-refractivity contribution in [2.24, 2.45) is 5.41 Å². The summed E-state index contributed by atoms with van der Waals surface area (Å²) in [7, 11) is 0. The van der Waals surface area contributed by atoms with Gasteiger partial charge in [0.05, 0.1) is 12.1 Å². The van der Waals surface area contributed by atoms with Gasteiger partial charge in [-0.1, -0.05) is 37.3 Å². The molecular formula is C12H10N2. The van der Waals surface area contributed by atoms with Gasteiger partial charge in [0.25, 0.3) is 0 Å². The molecule has 1 unspecified atom stereocenters. The summed E-state index contributed by atoms with van der Waals surface area (Å²) in [5, 5.41) is 18.0. The van der Waals surface area contributed by atoms with E-state index in [1.165, 1.54) is 0 Å². The summed E-state index contributed by atoms with van der Waals surface area (Å²) in [6, 6.07) is 14.1. The molecule has 2 heteroatoms. The van der Waals surface area contributed by atoms with Crippen molar-refractivity contribution in [3.05, 3.63) is 35.9 Å². The fraction of sp³-hybridized carbons (Fsp3) is 0.333. The van der Waals surface area contributed by atoms with Crippen molar-refractivity contribution < 1.29 is 0 Å². The fourth-order valence-corrected chi connectivity index (χ4v) is 1.99. The number of rotatable bonds is 1. The molecule has 0 N–H and O–H groups in total. The molecule has 1 fully saturated rings. The molecular weight excluding hydrogens is 172 g/mol. The van der Waals surface area contributed by atoms with Crippen molar-refractivity contribution in [2.75, 3.05) is 0 Å². The van der Waals surface area contributed by atoms with Gasteiger partial charge < -0.3 is 0 Å². The predicted molar refractivity (Wildman–Crippen MR) is 52.1 cm³/mol. The zero-order valence-electron chi connectivity index (χ0n) is 7.99. The molecule has 2 rings (SSSR count). The highest BCUT2D eigenvalue weighted by Crippen LogP contribution is 2.63. The summed E-state index contributed by atoms with van der Waals surface area (Å²) < 4.78 is 0. The van der Waals surface area contributed by atoms with Crippen LogP contribution in [0.1, 0.15) is 18.9 Å². The second kappa shape index (κ2) is 2.59. The van der Waals surface area contributed by atoms with Crippen LogP contribution >= 0.6 is 0 Å². The standard InChI is InChI=1S/C12H10N2/c1-11(7-12(11,8-13)9-14)10-5-3-2-4-6-10/h2-6H,7H2,1H3. The summed E-state index contributed by atoms with van der Waals surface area (Å²) in [5.41, 5.74) is 0.0228. The second-order valence-corrected chi connectivity index (χ2v) is 4.00. The van der Waals surface area contributed by atoms with E-state index in [2.05, 4.69) is 12.1 Å². The van der Waals surface area contributed by atoms with E-state index >= 15 is 0 Å². The highest BCUT2D eigenvalue weighted by Gasteiger charge is 2.67. The van der Waals surface area contributed by atoms with Gasteiger partial charge in [0.1, 0.15) is 0 Å². The molecule has 1 saturated carbocycles. The maximum Gasteiger partial charge on any atom is 0.154 e. The number of benzene rings is 1. The first-order chi connectivity index (χ1) is 6.68. The van der Waals surface area contributed by atoms with Crippen molar-refractivity contribution in [3.63, 3.8) is 0 Å². The molecule has 0 aliphatic heterocycles. The maximum atomic E-state index is 8.98. The normalized spacial score (nSPS) is 27.4. The zero-order chi connectivity index (χ0) is 10.2. The fourth-order valence-electron chi connectivity index (χ4n) is 1.99. The first-order valence-corrected chi connectivity index (χ1v) is 4.57. The third kappa shape index (κ3) is 0.887. The largest absolute Gasteiger partial charge is 0.197 e. The van der Waals surface area contributed by atoms with E-state index in [1.54, 1.807) is 0 Å². The van der Waals surface area contributed by atoms with Crippen LogP contribution in [0.2, 0.25) is 0 Å². The van der Waals surface area contributed by atoms with Gasteiger partial charge >= 0.3 is 0 Å². The lowest BCUT2D eigenvalue weighted by molar-refractivity contribution is 0.665. The Morgan fingerprint density at radius 2 is 1.71 bits per heavy atom. The average Bonchev–Trinajstić information content (AvgIpc) is 2.88. The Morgan fingerprint density at radius 1 is 1.14 bits per heavy atom. The molecule has 0 bridgehead atoms. The van der Waals surface area contributed by atoms with Crippen molar-refractivity contribution in [3.8, 4) is 12.1 Å². The van der Waals surface area contributed by atoms with E-state index in [4.69, 9.17) is 10.5 Å². The quantitative estimate of drug-likeness (QED) is 0.669. The van der Waals surface area contributed by atoms with Crippen LogP contribution in [0.3, 0.4) is 0 Å². The van der Waals surface area contributed by atoms with Gasteiger partial charge in [-0.25, -0.2) is 0 Å². The van der Waals surface area contributed by atoms with Gasteiger partial charge in [-0.3, -0.25) is 0 Å². The van der Waals surface area contributed by atoms with Crippen molar-refractivity contribution in [2.45, 2.75) is 18.8 Å². The topological polar surface area (TPSA) is 47.6 Å².